The first-order chi connectivity index (χ1) is 8.54. The van der Waals surface area contributed by atoms with Gasteiger partial charge in [-0.3, -0.25) is 4.79 Å². The van der Waals surface area contributed by atoms with Gasteiger partial charge in [0.1, 0.15) is 11.6 Å². The Balaban J connectivity index is 1.98. The zero-order valence-electron chi connectivity index (χ0n) is 10.4. The first-order valence-electron chi connectivity index (χ1n) is 5.96. The van der Waals surface area contributed by atoms with E-state index in [2.05, 4.69) is 20.2 Å². The highest BCUT2D eigenvalue weighted by atomic mass is 16.1. The second-order valence-corrected chi connectivity index (χ2v) is 4.47. The van der Waals surface area contributed by atoms with Crippen LogP contribution in [0.1, 0.15) is 19.8 Å². The summed E-state index contributed by atoms with van der Waals surface area (Å²) in [5, 5.41) is 2.93. The van der Waals surface area contributed by atoms with Crippen LogP contribution < -0.4 is 21.7 Å². The summed E-state index contributed by atoms with van der Waals surface area (Å²) >= 11 is 0. The Morgan fingerprint density at radius 2 is 2.06 bits per heavy atom. The first-order valence-corrected chi connectivity index (χ1v) is 5.96. The van der Waals surface area contributed by atoms with Gasteiger partial charge in [0.05, 0.1) is 0 Å². The molecule has 0 saturated carbocycles. The van der Waals surface area contributed by atoms with E-state index in [4.69, 9.17) is 11.5 Å². The van der Waals surface area contributed by atoms with Crippen LogP contribution >= 0.6 is 0 Å². The molecule has 1 amide bonds. The number of hydrogen-bond donors (Lipinski definition) is 3. The number of nitrogens with two attached hydrogens (primary N) is 2. The second kappa shape index (κ2) is 5.07. The number of carbonyl (C=O) groups excluding carboxylic acids is 1. The van der Waals surface area contributed by atoms with E-state index in [0.717, 1.165) is 31.7 Å². The van der Waals surface area contributed by atoms with Crippen molar-refractivity contribution < 1.29 is 4.79 Å². The Hall–Kier alpha value is -2.05. The van der Waals surface area contributed by atoms with Crippen molar-refractivity contribution in [1.29, 1.82) is 0 Å². The van der Waals surface area contributed by atoms with Crippen molar-refractivity contribution >= 4 is 23.5 Å². The highest BCUT2D eigenvalue weighted by molar-refractivity contribution is 5.73. The molecular formula is C11H18N6O. The lowest BCUT2D eigenvalue weighted by atomic mass is 10.1. The summed E-state index contributed by atoms with van der Waals surface area (Å²) in [6.45, 7) is 3.18. The number of aromatic nitrogens is 2. The van der Waals surface area contributed by atoms with E-state index in [-0.39, 0.29) is 17.9 Å². The number of carbonyl (C=O) groups is 1. The van der Waals surface area contributed by atoms with Crippen LogP contribution in [-0.4, -0.2) is 35.0 Å². The zero-order valence-corrected chi connectivity index (χ0v) is 10.4. The molecule has 0 aromatic carbocycles. The molecule has 7 nitrogen and oxygen atoms in total. The maximum Gasteiger partial charge on any atom is 0.223 e. The number of nitrogen functional groups attached to an aromatic ring is 2. The third-order valence-electron chi connectivity index (χ3n) is 2.98. The molecule has 0 spiro atoms. The van der Waals surface area contributed by atoms with Crippen LogP contribution in [0.25, 0.3) is 0 Å². The van der Waals surface area contributed by atoms with Gasteiger partial charge in [-0.05, 0) is 12.8 Å². The number of rotatable bonds is 2. The molecule has 5 N–H and O–H groups in total. The van der Waals surface area contributed by atoms with Gasteiger partial charge in [-0.1, -0.05) is 0 Å². The lowest BCUT2D eigenvalue weighted by molar-refractivity contribution is -0.119. The molecule has 2 rings (SSSR count). The van der Waals surface area contributed by atoms with Gasteiger partial charge < -0.3 is 21.7 Å². The maximum atomic E-state index is 11.0. The largest absolute Gasteiger partial charge is 0.383 e. The van der Waals surface area contributed by atoms with Gasteiger partial charge in [0.15, 0.2) is 0 Å². The summed E-state index contributed by atoms with van der Waals surface area (Å²) < 4.78 is 0. The SMILES string of the molecule is CC(=O)NC1CCN(c2cc(N)nc(N)n2)CC1. The molecule has 0 unspecified atom stereocenters. The van der Waals surface area contributed by atoms with Gasteiger partial charge in [0, 0.05) is 32.1 Å². The van der Waals surface area contributed by atoms with E-state index in [0.29, 0.717) is 5.82 Å². The molecule has 0 atom stereocenters. The third kappa shape index (κ3) is 2.99. The molecule has 1 fully saturated rings. The lowest BCUT2D eigenvalue weighted by Gasteiger charge is -2.33. The molecule has 0 aliphatic carbocycles. The standard InChI is InChI=1S/C11H18N6O/c1-7(18)14-8-2-4-17(5-3-8)10-6-9(12)15-11(13)16-10/h6,8H,2-5H2,1H3,(H,14,18)(H4,12,13,15,16). The Morgan fingerprint density at radius 1 is 1.39 bits per heavy atom. The molecule has 18 heavy (non-hydrogen) atoms. The predicted octanol–water partition coefficient (Wildman–Crippen LogP) is -0.254. The Morgan fingerprint density at radius 3 is 2.61 bits per heavy atom. The van der Waals surface area contributed by atoms with Crippen molar-refractivity contribution in [2.45, 2.75) is 25.8 Å². The van der Waals surface area contributed by atoms with Crippen molar-refractivity contribution in [3.05, 3.63) is 6.07 Å². The van der Waals surface area contributed by atoms with Crippen LogP contribution in [0.15, 0.2) is 6.07 Å². The van der Waals surface area contributed by atoms with E-state index >= 15 is 0 Å². The van der Waals surface area contributed by atoms with Crippen molar-refractivity contribution in [2.75, 3.05) is 29.5 Å². The van der Waals surface area contributed by atoms with E-state index in [1.165, 1.54) is 6.92 Å². The van der Waals surface area contributed by atoms with Gasteiger partial charge in [-0.15, -0.1) is 0 Å². The zero-order chi connectivity index (χ0) is 13.1. The maximum absolute atomic E-state index is 11.0. The van der Waals surface area contributed by atoms with Crippen LogP contribution in [0.4, 0.5) is 17.6 Å². The summed E-state index contributed by atoms with van der Waals surface area (Å²) in [5.74, 6) is 1.33. The van der Waals surface area contributed by atoms with Crippen LogP contribution in [0.2, 0.25) is 0 Å². The minimum absolute atomic E-state index is 0.0176. The van der Waals surface area contributed by atoms with Gasteiger partial charge in [-0.25, -0.2) is 0 Å². The quantitative estimate of drug-likeness (QED) is 0.667. The predicted molar refractivity (Wildman–Crippen MR) is 69.9 cm³/mol. The number of anilines is 3. The Bertz CT molecular complexity index is 421. The number of nitrogens with zero attached hydrogens (tertiary/aromatic N) is 3. The molecule has 1 aliphatic rings. The fraction of sp³-hybridized carbons (Fsp3) is 0.545. The van der Waals surface area contributed by atoms with Crippen LogP contribution in [0.3, 0.4) is 0 Å². The normalized spacial score (nSPS) is 16.6. The smallest absolute Gasteiger partial charge is 0.223 e. The van der Waals surface area contributed by atoms with E-state index in [1.54, 1.807) is 6.07 Å². The minimum atomic E-state index is 0.0176. The monoisotopic (exact) mass is 250 g/mol. The summed E-state index contributed by atoms with van der Waals surface area (Å²) in [4.78, 5) is 21.1. The highest BCUT2D eigenvalue weighted by Crippen LogP contribution is 2.20. The first kappa shape index (κ1) is 12.4. The van der Waals surface area contributed by atoms with Crippen LogP contribution in [-0.2, 0) is 4.79 Å². The molecule has 2 heterocycles. The molecule has 1 aromatic rings. The van der Waals surface area contributed by atoms with Crippen molar-refractivity contribution in [1.82, 2.24) is 15.3 Å². The number of piperidine rings is 1. The highest BCUT2D eigenvalue weighted by Gasteiger charge is 2.21. The average molecular weight is 250 g/mol. The molecule has 1 saturated heterocycles. The fourth-order valence-corrected chi connectivity index (χ4v) is 2.17. The third-order valence-corrected chi connectivity index (χ3v) is 2.98. The Labute approximate surface area is 106 Å². The molecule has 98 valence electrons. The molecule has 1 aromatic heterocycles. The van der Waals surface area contributed by atoms with E-state index in [1.807, 2.05) is 0 Å². The summed E-state index contributed by atoms with van der Waals surface area (Å²) in [6, 6.07) is 1.96. The molecular weight excluding hydrogens is 232 g/mol. The van der Waals surface area contributed by atoms with E-state index < -0.39 is 0 Å². The van der Waals surface area contributed by atoms with Crippen molar-refractivity contribution in [3.63, 3.8) is 0 Å². The topological polar surface area (TPSA) is 110 Å². The molecule has 7 heteroatoms. The van der Waals surface area contributed by atoms with Crippen molar-refractivity contribution in [3.8, 4) is 0 Å². The van der Waals surface area contributed by atoms with Gasteiger partial charge in [0.25, 0.3) is 0 Å². The fourth-order valence-electron chi connectivity index (χ4n) is 2.17. The molecule has 0 bridgehead atoms. The van der Waals surface area contributed by atoms with Gasteiger partial charge in [0.2, 0.25) is 11.9 Å². The molecule has 1 aliphatic heterocycles. The van der Waals surface area contributed by atoms with Gasteiger partial charge >= 0.3 is 0 Å². The number of amides is 1. The van der Waals surface area contributed by atoms with Gasteiger partial charge in [-0.2, -0.15) is 9.97 Å². The second-order valence-electron chi connectivity index (χ2n) is 4.47. The summed E-state index contributed by atoms with van der Waals surface area (Å²) in [6.07, 6.45) is 1.78. The minimum Gasteiger partial charge on any atom is -0.383 e. The number of nitrogens with one attached hydrogen (secondary N) is 1. The van der Waals surface area contributed by atoms with Crippen LogP contribution in [0, 0.1) is 0 Å². The Kier molecular flexibility index (Phi) is 3.50. The average Bonchev–Trinajstić information content (AvgIpc) is 2.27. The van der Waals surface area contributed by atoms with E-state index in [9.17, 15) is 4.79 Å². The molecule has 0 radical (unpaired) electrons. The van der Waals surface area contributed by atoms with Crippen LogP contribution in [0.5, 0.6) is 0 Å². The summed E-state index contributed by atoms with van der Waals surface area (Å²) in [5.41, 5.74) is 11.2. The lowest BCUT2D eigenvalue weighted by Crippen LogP contribution is -2.44. The summed E-state index contributed by atoms with van der Waals surface area (Å²) in [7, 11) is 0. The van der Waals surface area contributed by atoms with Crippen molar-refractivity contribution in [2.24, 2.45) is 0 Å². The number of hydrogen-bond acceptors (Lipinski definition) is 6.